The van der Waals surface area contributed by atoms with E-state index in [2.05, 4.69) is 5.32 Å². The Labute approximate surface area is 155 Å². The molecule has 2 atom stereocenters. The van der Waals surface area contributed by atoms with Gasteiger partial charge < -0.3 is 14.8 Å². The number of carbonyl (C=O) groups is 1. The van der Waals surface area contributed by atoms with Crippen LogP contribution in [0.1, 0.15) is 12.0 Å². The molecule has 0 unspecified atom stereocenters. The second kappa shape index (κ2) is 8.01. The molecule has 0 bridgehead atoms. The highest BCUT2D eigenvalue weighted by atomic mass is 32.2. The van der Waals surface area contributed by atoms with Crippen LogP contribution < -0.4 is 16.6 Å². The average molecular weight is 385 g/mol. The van der Waals surface area contributed by atoms with E-state index in [-0.39, 0.29) is 35.0 Å². The van der Waals surface area contributed by atoms with Crippen LogP contribution in [-0.2, 0) is 25.4 Å². The molecule has 2 saturated heterocycles. The first-order chi connectivity index (χ1) is 12.0. The lowest BCUT2D eigenvalue weighted by atomic mass is 10.1. The molecule has 3 heterocycles. The van der Waals surface area contributed by atoms with E-state index in [0.717, 1.165) is 41.3 Å². The molecule has 9 heteroatoms. The van der Waals surface area contributed by atoms with Crippen LogP contribution in [0.25, 0.3) is 0 Å². The van der Waals surface area contributed by atoms with Gasteiger partial charge >= 0.3 is 5.69 Å². The van der Waals surface area contributed by atoms with Crippen LogP contribution in [0.5, 0.6) is 0 Å². The van der Waals surface area contributed by atoms with Gasteiger partial charge in [-0.3, -0.25) is 14.2 Å². The summed E-state index contributed by atoms with van der Waals surface area (Å²) in [6, 6.07) is 0.0990. The third-order valence-corrected chi connectivity index (χ3v) is 7.45. The Hall–Kier alpha value is -1.19. The highest BCUT2D eigenvalue weighted by molar-refractivity contribution is 8.07. The fourth-order valence-corrected chi connectivity index (χ4v) is 5.90. The van der Waals surface area contributed by atoms with Crippen LogP contribution in [0.4, 0.5) is 0 Å². The summed E-state index contributed by atoms with van der Waals surface area (Å²) in [6.07, 6.45) is 2.46. The van der Waals surface area contributed by atoms with E-state index in [0.29, 0.717) is 5.56 Å². The second-order valence-corrected chi connectivity index (χ2v) is 8.92. The molecule has 2 fully saturated rings. The van der Waals surface area contributed by atoms with Gasteiger partial charge in [0, 0.05) is 50.1 Å². The molecule has 0 aromatic carbocycles. The first-order valence-electron chi connectivity index (χ1n) is 8.45. The molecule has 0 saturated carbocycles. The van der Waals surface area contributed by atoms with E-state index in [9.17, 15) is 14.4 Å². The number of nitrogens with one attached hydrogen (secondary N) is 1. The highest BCUT2D eigenvalue weighted by Crippen LogP contribution is 2.27. The van der Waals surface area contributed by atoms with Crippen molar-refractivity contribution >= 4 is 29.4 Å². The largest absolute Gasteiger partial charge is 0.333 e. The molecule has 0 radical (unpaired) electrons. The summed E-state index contributed by atoms with van der Waals surface area (Å²) < 4.78 is 2.51. The van der Waals surface area contributed by atoms with Crippen molar-refractivity contribution in [3.8, 4) is 0 Å². The maximum absolute atomic E-state index is 13.1. The SMILES string of the molecule is Cn1cc(CN(C(=O)[C@H]2CSCCS2)[C@@H]2CCNC2)c(=O)n(C)c1=O. The number of carbonyl (C=O) groups excluding carboxylic acids is 1. The Bertz CT molecular complexity index is 749. The zero-order valence-corrected chi connectivity index (χ0v) is 16.2. The highest BCUT2D eigenvalue weighted by Gasteiger charge is 2.33. The number of amides is 1. The number of hydrogen-bond acceptors (Lipinski definition) is 6. The summed E-state index contributed by atoms with van der Waals surface area (Å²) in [5.41, 5.74) is -0.191. The van der Waals surface area contributed by atoms with Crippen molar-refractivity contribution in [2.75, 3.05) is 30.3 Å². The standard InChI is InChI=1S/C16H24N4O3S2/c1-18-8-11(14(21)19(2)16(18)23)9-20(12-3-4-17-7-12)15(22)13-10-24-5-6-25-13/h8,12-13,17H,3-7,9-10H2,1-2H3/t12-,13-/m1/s1. The first-order valence-corrected chi connectivity index (χ1v) is 10.7. The topological polar surface area (TPSA) is 76.3 Å². The summed E-state index contributed by atoms with van der Waals surface area (Å²) in [7, 11) is 3.10. The minimum Gasteiger partial charge on any atom is -0.333 e. The third kappa shape index (κ3) is 3.98. The number of aryl methyl sites for hydroxylation is 1. The molecular weight excluding hydrogens is 360 g/mol. The first kappa shape index (κ1) is 18.6. The summed E-state index contributed by atoms with van der Waals surface area (Å²) in [5.74, 6) is 3.01. The Morgan fingerprint density at radius 3 is 2.80 bits per heavy atom. The second-order valence-electron chi connectivity index (χ2n) is 6.46. The van der Waals surface area contributed by atoms with Crippen LogP contribution in [0.2, 0.25) is 0 Å². The zero-order chi connectivity index (χ0) is 18.0. The molecule has 2 aliphatic heterocycles. The maximum atomic E-state index is 13.1. The minimum absolute atomic E-state index is 0.0456. The van der Waals surface area contributed by atoms with Gasteiger partial charge in [0.25, 0.3) is 5.56 Å². The van der Waals surface area contributed by atoms with Crippen LogP contribution in [0.15, 0.2) is 15.8 Å². The lowest BCUT2D eigenvalue weighted by molar-refractivity contribution is -0.132. The molecule has 7 nitrogen and oxygen atoms in total. The molecule has 0 spiro atoms. The molecule has 3 rings (SSSR count). The van der Waals surface area contributed by atoms with Gasteiger partial charge in [0.1, 0.15) is 0 Å². The number of aromatic nitrogens is 2. The Morgan fingerprint density at radius 2 is 2.16 bits per heavy atom. The smallest absolute Gasteiger partial charge is 0.330 e. The Balaban J connectivity index is 1.89. The molecular formula is C16H24N4O3S2. The van der Waals surface area contributed by atoms with Crippen molar-refractivity contribution in [3.05, 3.63) is 32.6 Å². The molecule has 138 valence electrons. The molecule has 1 N–H and O–H groups in total. The molecule has 1 amide bonds. The molecule has 1 aromatic rings. The van der Waals surface area contributed by atoms with Crippen molar-refractivity contribution in [1.82, 2.24) is 19.4 Å². The van der Waals surface area contributed by atoms with Crippen LogP contribution in [0, 0.1) is 0 Å². The average Bonchev–Trinajstić information content (AvgIpc) is 3.16. The third-order valence-electron chi connectivity index (χ3n) is 4.71. The van der Waals surface area contributed by atoms with Crippen molar-refractivity contribution in [2.45, 2.75) is 24.3 Å². The quantitative estimate of drug-likeness (QED) is 0.763. The maximum Gasteiger partial charge on any atom is 0.330 e. The van der Waals surface area contributed by atoms with Crippen molar-refractivity contribution in [2.24, 2.45) is 14.1 Å². The predicted octanol–water partition coefficient (Wildman–Crippen LogP) is -0.377. The van der Waals surface area contributed by atoms with E-state index in [1.165, 1.54) is 11.6 Å². The van der Waals surface area contributed by atoms with Gasteiger partial charge in [-0.25, -0.2) is 4.79 Å². The van der Waals surface area contributed by atoms with Gasteiger partial charge in [-0.2, -0.15) is 11.8 Å². The van der Waals surface area contributed by atoms with Crippen molar-refractivity contribution in [1.29, 1.82) is 0 Å². The van der Waals surface area contributed by atoms with E-state index in [1.807, 2.05) is 16.7 Å². The fourth-order valence-electron chi connectivity index (χ4n) is 3.28. The molecule has 25 heavy (non-hydrogen) atoms. The van der Waals surface area contributed by atoms with Crippen LogP contribution in [-0.4, -0.2) is 61.6 Å². The van der Waals surface area contributed by atoms with Gasteiger partial charge in [0.15, 0.2) is 0 Å². The number of nitrogens with zero attached hydrogens (tertiary/aromatic N) is 3. The van der Waals surface area contributed by atoms with Gasteiger partial charge in [-0.05, 0) is 13.0 Å². The van der Waals surface area contributed by atoms with Gasteiger partial charge in [-0.15, -0.1) is 11.8 Å². The summed E-state index contributed by atoms with van der Waals surface area (Å²) in [5, 5.41) is 3.25. The van der Waals surface area contributed by atoms with Crippen LogP contribution >= 0.6 is 23.5 Å². The number of hydrogen-bond donors (Lipinski definition) is 1. The lowest BCUT2D eigenvalue weighted by Gasteiger charge is -2.33. The van der Waals surface area contributed by atoms with E-state index < -0.39 is 0 Å². The summed E-state index contributed by atoms with van der Waals surface area (Å²) in [4.78, 5) is 39.3. The Kier molecular flexibility index (Phi) is 5.96. The Morgan fingerprint density at radius 1 is 1.36 bits per heavy atom. The minimum atomic E-state index is -0.353. The van der Waals surface area contributed by atoms with E-state index in [1.54, 1.807) is 25.0 Å². The monoisotopic (exact) mass is 384 g/mol. The van der Waals surface area contributed by atoms with E-state index in [4.69, 9.17) is 0 Å². The van der Waals surface area contributed by atoms with E-state index >= 15 is 0 Å². The number of thioether (sulfide) groups is 2. The van der Waals surface area contributed by atoms with Gasteiger partial charge in [0.05, 0.1) is 17.4 Å². The normalized spacial score (nSPS) is 23.6. The summed E-state index contributed by atoms with van der Waals surface area (Å²) in [6.45, 7) is 1.89. The van der Waals surface area contributed by atoms with Gasteiger partial charge in [-0.1, -0.05) is 0 Å². The number of rotatable bonds is 4. The lowest BCUT2D eigenvalue weighted by Crippen LogP contribution is -2.48. The van der Waals surface area contributed by atoms with Crippen molar-refractivity contribution < 1.29 is 4.79 Å². The molecule has 1 aromatic heterocycles. The predicted molar refractivity (Wildman–Crippen MR) is 102 cm³/mol. The van der Waals surface area contributed by atoms with Crippen molar-refractivity contribution in [3.63, 3.8) is 0 Å². The molecule has 2 aliphatic rings. The fraction of sp³-hybridized carbons (Fsp3) is 0.688. The zero-order valence-electron chi connectivity index (χ0n) is 14.6. The summed E-state index contributed by atoms with van der Waals surface area (Å²) >= 11 is 3.52. The van der Waals surface area contributed by atoms with Gasteiger partial charge in [0.2, 0.25) is 5.91 Å². The van der Waals surface area contributed by atoms with Crippen LogP contribution in [0.3, 0.4) is 0 Å². The molecule has 0 aliphatic carbocycles.